The summed E-state index contributed by atoms with van der Waals surface area (Å²) in [5.41, 5.74) is 2.84. The lowest BCUT2D eigenvalue weighted by Gasteiger charge is -2.25. The molecule has 7 nitrogen and oxygen atoms in total. The highest BCUT2D eigenvalue weighted by Gasteiger charge is 2.35. The van der Waals surface area contributed by atoms with E-state index in [-0.39, 0.29) is 12.2 Å². The molecule has 0 radical (unpaired) electrons. The summed E-state index contributed by atoms with van der Waals surface area (Å²) in [5, 5.41) is 0. The zero-order valence-corrected chi connectivity index (χ0v) is 22.0. The minimum absolute atomic E-state index is 0.202. The Morgan fingerprint density at radius 3 is 2.37 bits per heavy atom. The number of thiazole rings is 1. The van der Waals surface area contributed by atoms with Crippen molar-refractivity contribution in [2.24, 2.45) is 4.99 Å². The number of ether oxygens (including phenoxy) is 3. The first-order valence-electron chi connectivity index (χ1n) is 12.1. The number of methoxy groups -OCH3 is 2. The van der Waals surface area contributed by atoms with Crippen LogP contribution in [0.3, 0.4) is 0 Å². The number of nitrogens with zero attached hydrogens (tertiary/aromatic N) is 2. The molecular weight excluding hydrogens is 500 g/mol. The Hall–Kier alpha value is -4.43. The third-order valence-electron chi connectivity index (χ3n) is 6.22. The summed E-state index contributed by atoms with van der Waals surface area (Å²) in [6.07, 6.45) is 1.78. The van der Waals surface area contributed by atoms with Crippen LogP contribution in [0.1, 0.15) is 29.7 Å². The maximum atomic E-state index is 13.9. The van der Waals surface area contributed by atoms with Crippen molar-refractivity contribution in [3.63, 3.8) is 0 Å². The molecule has 1 atom stereocenters. The first-order chi connectivity index (χ1) is 18.5. The van der Waals surface area contributed by atoms with Crippen molar-refractivity contribution in [1.82, 2.24) is 4.57 Å². The zero-order chi connectivity index (χ0) is 26.6. The van der Waals surface area contributed by atoms with Gasteiger partial charge in [0.2, 0.25) is 0 Å². The second kappa shape index (κ2) is 10.9. The highest BCUT2D eigenvalue weighted by Crippen LogP contribution is 2.35. The predicted octanol–water partition coefficient (Wildman–Crippen LogP) is 3.95. The van der Waals surface area contributed by atoms with Crippen LogP contribution >= 0.6 is 11.3 Å². The van der Waals surface area contributed by atoms with E-state index in [1.807, 2.05) is 72.8 Å². The van der Waals surface area contributed by atoms with Crippen LogP contribution in [-0.4, -0.2) is 31.4 Å². The quantitative estimate of drug-likeness (QED) is 0.341. The van der Waals surface area contributed by atoms with Crippen molar-refractivity contribution < 1.29 is 19.0 Å². The van der Waals surface area contributed by atoms with Gasteiger partial charge in [-0.15, -0.1) is 0 Å². The normalized spacial score (nSPS) is 15.0. The average molecular weight is 527 g/mol. The molecule has 0 fully saturated rings. The highest BCUT2D eigenvalue weighted by molar-refractivity contribution is 7.07. The molecule has 5 rings (SSSR count). The maximum absolute atomic E-state index is 13.9. The molecule has 4 aromatic rings. The molecule has 0 spiro atoms. The van der Waals surface area contributed by atoms with Gasteiger partial charge in [0.05, 0.1) is 42.7 Å². The van der Waals surface area contributed by atoms with Gasteiger partial charge in [-0.25, -0.2) is 9.79 Å². The van der Waals surface area contributed by atoms with Gasteiger partial charge in [0.1, 0.15) is 11.5 Å². The van der Waals surface area contributed by atoms with Crippen molar-refractivity contribution in [2.45, 2.75) is 13.0 Å². The van der Waals surface area contributed by atoms with Crippen LogP contribution in [0.4, 0.5) is 0 Å². The minimum Gasteiger partial charge on any atom is -0.497 e. The number of carbonyl (C=O) groups is 1. The largest absolute Gasteiger partial charge is 0.497 e. The monoisotopic (exact) mass is 526 g/mol. The Morgan fingerprint density at radius 1 is 1.00 bits per heavy atom. The fourth-order valence-corrected chi connectivity index (χ4v) is 5.46. The van der Waals surface area contributed by atoms with Gasteiger partial charge in [0.25, 0.3) is 5.56 Å². The smallest absolute Gasteiger partial charge is 0.338 e. The van der Waals surface area contributed by atoms with Gasteiger partial charge in [0.15, 0.2) is 4.80 Å². The van der Waals surface area contributed by atoms with Crippen molar-refractivity contribution in [3.05, 3.63) is 121 Å². The lowest BCUT2D eigenvalue weighted by molar-refractivity contribution is -0.138. The van der Waals surface area contributed by atoms with Crippen LogP contribution in [-0.2, 0) is 9.53 Å². The molecular formula is C30H26N2O5S. The number of carbonyl (C=O) groups excluding carboxylic acids is 1. The molecule has 0 aliphatic carbocycles. The van der Waals surface area contributed by atoms with E-state index in [1.54, 1.807) is 37.9 Å². The molecule has 192 valence electrons. The van der Waals surface area contributed by atoms with Crippen molar-refractivity contribution in [1.29, 1.82) is 0 Å². The van der Waals surface area contributed by atoms with Crippen LogP contribution in [0.5, 0.6) is 11.5 Å². The summed E-state index contributed by atoms with van der Waals surface area (Å²) in [6.45, 7) is 1.96. The number of benzene rings is 3. The predicted molar refractivity (Wildman–Crippen MR) is 147 cm³/mol. The van der Waals surface area contributed by atoms with E-state index in [0.29, 0.717) is 32.1 Å². The third-order valence-corrected chi connectivity index (χ3v) is 7.20. The van der Waals surface area contributed by atoms with Crippen LogP contribution in [0.2, 0.25) is 0 Å². The summed E-state index contributed by atoms with van der Waals surface area (Å²) < 4.78 is 18.4. The molecule has 0 N–H and O–H groups in total. The van der Waals surface area contributed by atoms with Crippen LogP contribution in [0.25, 0.3) is 11.8 Å². The fourth-order valence-electron chi connectivity index (χ4n) is 4.47. The van der Waals surface area contributed by atoms with E-state index in [0.717, 1.165) is 16.7 Å². The molecule has 38 heavy (non-hydrogen) atoms. The van der Waals surface area contributed by atoms with E-state index in [1.165, 1.54) is 11.3 Å². The van der Waals surface area contributed by atoms with Gasteiger partial charge < -0.3 is 14.2 Å². The highest BCUT2D eigenvalue weighted by atomic mass is 32.1. The SMILES string of the molecule is CCOC(=O)C1=C(c2ccccc2)N=c2s/c(=C\c3ccc(OC)cc3OC)c(=O)n2[C@H]1c1ccccc1. The van der Waals surface area contributed by atoms with Crippen molar-refractivity contribution in [3.8, 4) is 11.5 Å². The molecule has 0 bridgehead atoms. The molecule has 1 aliphatic rings. The molecule has 1 aliphatic heterocycles. The van der Waals surface area contributed by atoms with E-state index in [9.17, 15) is 9.59 Å². The van der Waals surface area contributed by atoms with Gasteiger partial charge in [-0.2, -0.15) is 0 Å². The summed E-state index contributed by atoms with van der Waals surface area (Å²) in [7, 11) is 3.16. The Kier molecular flexibility index (Phi) is 7.24. The molecule has 8 heteroatoms. The Balaban J connectivity index is 1.81. The van der Waals surface area contributed by atoms with Gasteiger partial charge in [-0.05, 0) is 30.7 Å². The summed E-state index contributed by atoms with van der Waals surface area (Å²) in [5.74, 6) is 0.721. The second-order valence-corrected chi connectivity index (χ2v) is 9.46. The van der Waals surface area contributed by atoms with Crippen LogP contribution in [0, 0.1) is 0 Å². The lowest BCUT2D eigenvalue weighted by atomic mass is 9.93. The number of hydrogen-bond donors (Lipinski definition) is 0. The van der Waals surface area contributed by atoms with Crippen molar-refractivity contribution in [2.75, 3.05) is 20.8 Å². The number of hydrogen-bond acceptors (Lipinski definition) is 7. The third kappa shape index (κ3) is 4.66. The number of aromatic nitrogens is 1. The maximum Gasteiger partial charge on any atom is 0.338 e. The molecule has 0 saturated carbocycles. The van der Waals surface area contributed by atoms with Crippen LogP contribution < -0.4 is 24.4 Å². The summed E-state index contributed by atoms with van der Waals surface area (Å²) >= 11 is 1.27. The number of rotatable bonds is 7. The molecule has 0 unspecified atom stereocenters. The molecule has 0 amide bonds. The summed E-state index contributed by atoms with van der Waals surface area (Å²) in [6, 6.07) is 23.7. The first-order valence-corrected chi connectivity index (χ1v) is 12.9. The molecule has 2 heterocycles. The Labute approximate surface area is 223 Å². The number of esters is 1. The summed E-state index contributed by atoms with van der Waals surface area (Å²) in [4.78, 5) is 32.7. The molecule has 0 saturated heterocycles. The Morgan fingerprint density at radius 2 is 1.71 bits per heavy atom. The number of fused-ring (bicyclic) bond motifs is 1. The van der Waals surface area contributed by atoms with E-state index >= 15 is 0 Å². The van der Waals surface area contributed by atoms with Gasteiger partial charge >= 0.3 is 5.97 Å². The minimum atomic E-state index is -0.707. The molecule has 1 aromatic heterocycles. The Bertz CT molecular complexity index is 1690. The topological polar surface area (TPSA) is 79.1 Å². The van der Waals surface area contributed by atoms with Crippen LogP contribution in [0.15, 0.2) is 94.2 Å². The molecule has 3 aromatic carbocycles. The van der Waals surface area contributed by atoms with Gasteiger partial charge in [-0.3, -0.25) is 9.36 Å². The van der Waals surface area contributed by atoms with E-state index < -0.39 is 12.0 Å². The van der Waals surface area contributed by atoms with Crippen molar-refractivity contribution >= 4 is 29.1 Å². The zero-order valence-electron chi connectivity index (χ0n) is 21.2. The standard InChI is InChI=1S/C30H26N2O5S/c1-4-37-29(34)25-26(19-11-7-5-8-12-19)31-30-32(27(25)20-13-9-6-10-14-20)28(33)24(38-30)17-21-15-16-22(35-2)18-23(21)36-3/h5-18,27H,4H2,1-3H3/b24-17-/t27-/m0/s1. The van der Waals surface area contributed by atoms with Gasteiger partial charge in [0, 0.05) is 17.2 Å². The second-order valence-electron chi connectivity index (χ2n) is 8.45. The average Bonchev–Trinajstić information content (AvgIpc) is 3.27. The van der Waals surface area contributed by atoms with E-state index in [2.05, 4.69) is 0 Å². The lowest BCUT2D eigenvalue weighted by Crippen LogP contribution is -2.40. The van der Waals surface area contributed by atoms with E-state index in [4.69, 9.17) is 19.2 Å². The fraction of sp³-hybridized carbons (Fsp3) is 0.167. The first kappa shape index (κ1) is 25.2. The van der Waals surface area contributed by atoms with Gasteiger partial charge in [-0.1, -0.05) is 72.0 Å².